The zero-order valence-corrected chi connectivity index (χ0v) is 56.1. The molecule has 1 aliphatic rings. The van der Waals surface area contributed by atoms with Crippen molar-refractivity contribution in [2.24, 2.45) is 65.1 Å². The molecule has 2 N–H and O–H groups in total. The van der Waals surface area contributed by atoms with Gasteiger partial charge in [-0.3, -0.25) is 57.5 Å². The van der Waals surface area contributed by atoms with Gasteiger partial charge in [-0.05, 0) is 93.8 Å². The van der Waals surface area contributed by atoms with Crippen LogP contribution in [0, 0.1) is 65.1 Å². The minimum Gasteiger partial charge on any atom is -0.461 e. The molecule has 12 atom stereocenters. The second kappa shape index (κ2) is 36.5. The zero-order chi connectivity index (χ0) is 65.7. The van der Waals surface area contributed by atoms with E-state index in [-0.39, 0.29) is 105 Å². The highest BCUT2D eigenvalue weighted by molar-refractivity contribution is 5.99. The number of likely N-dealkylation sites (N-methyl/N-ethyl adjacent to an activating group) is 4. The fourth-order valence-electron chi connectivity index (χ4n) is 11.7. The maximum absolute atomic E-state index is 15.0. The number of hydrogen-bond donors (Lipinski definition) is 2. The van der Waals surface area contributed by atoms with E-state index in [1.807, 2.05) is 68.4 Å². The third-order valence-corrected chi connectivity index (χ3v) is 16.7. The Balaban J connectivity index is 4.27. The van der Waals surface area contributed by atoms with Crippen molar-refractivity contribution in [1.29, 1.82) is 0 Å². The summed E-state index contributed by atoms with van der Waals surface area (Å²) in [5.41, 5.74) is 0. The molecule has 0 spiro atoms. The van der Waals surface area contributed by atoms with Crippen molar-refractivity contribution in [3.05, 3.63) is 12.2 Å². The molecule has 0 saturated carbocycles. The van der Waals surface area contributed by atoms with E-state index in [1.54, 1.807) is 54.5 Å². The molecule has 1 aliphatic heterocycles. The van der Waals surface area contributed by atoms with E-state index < -0.39 is 143 Å². The van der Waals surface area contributed by atoms with Crippen molar-refractivity contribution in [1.82, 2.24) is 30.2 Å². The molecule has 1 heterocycles. The summed E-state index contributed by atoms with van der Waals surface area (Å²) in [5, 5.41) is 5.57. The molecule has 0 aromatic rings. The normalized spacial score (nSPS) is 26.9. The van der Waals surface area contributed by atoms with Gasteiger partial charge in [0.1, 0.15) is 12.1 Å². The Kier molecular flexibility index (Phi) is 33.2. The van der Waals surface area contributed by atoms with Gasteiger partial charge in [0.25, 0.3) is 0 Å². The number of allylic oxidation sites excluding steroid dienone is 2. The van der Waals surface area contributed by atoms with Crippen LogP contribution in [0.2, 0.25) is 0 Å². The first-order valence-electron chi connectivity index (χ1n) is 31.4. The highest BCUT2D eigenvalue weighted by atomic mass is 16.5. The van der Waals surface area contributed by atoms with E-state index in [0.717, 1.165) is 0 Å². The Morgan fingerprint density at radius 2 is 1.01 bits per heavy atom. The Hall–Kier alpha value is -5.62. The minimum absolute atomic E-state index is 0.0614. The summed E-state index contributed by atoms with van der Waals surface area (Å²) >= 11 is 0. The lowest BCUT2D eigenvalue weighted by atomic mass is 9.82. The predicted octanol–water partition coefficient (Wildman–Crippen LogP) is 8.41. The second-order valence-electron chi connectivity index (χ2n) is 26.9. The molecule has 6 amide bonds. The fourth-order valence-corrected chi connectivity index (χ4v) is 11.7. The van der Waals surface area contributed by atoms with Crippen LogP contribution >= 0.6 is 0 Å². The molecule has 85 heavy (non-hydrogen) atoms. The summed E-state index contributed by atoms with van der Waals surface area (Å²) in [6.07, 6.45) is 1.94. The average molecular weight is 1200 g/mol. The summed E-state index contributed by atoms with van der Waals surface area (Å²) in [6.45, 7) is 31.9. The first-order chi connectivity index (χ1) is 39.3. The molecule has 1 unspecified atom stereocenters. The summed E-state index contributed by atoms with van der Waals surface area (Å²) in [7, 11) is 5.97. The van der Waals surface area contributed by atoms with Crippen molar-refractivity contribution in [2.75, 3.05) is 28.2 Å². The second-order valence-corrected chi connectivity index (χ2v) is 26.9. The van der Waals surface area contributed by atoms with E-state index in [4.69, 9.17) is 4.74 Å². The number of Topliss-reactive ketones (excluding diaryl/α,β-unsaturated/α-hetero) is 5. The van der Waals surface area contributed by atoms with Crippen LogP contribution in [0.4, 0.5) is 0 Å². The molecule has 484 valence electrons. The number of carbonyl (C=O) groups excluding carboxylic acids is 12. The lowest BCUT2D eigenvalue weighted by Crippen LogP contribution is -2.53. The molecular formula is C66H112N6O13. The van der Waals surface area contributed by atoms with E-state index in [2.05, 4.69) is 10.6 Å². The van der Waals surface area contributed by atoms with Gasteiger partial charge in [0.15, 0.2) is 28.9 Å². The Morgan fingerprint density at radius 3 is 1.47 bits per heavy atom. The topological polar surface area (TPSA) is 251 Å². The number of rotatable bonds is 16. The zero-order valence-electron chi connectivity index (χ0n) is 56.1. The lowest BCUT2D eigenvalue weighted by Gasteiger charge is -2.36. The summed E-state index contributed by atoms with van der Waals surface area (Å²) in [5.74, 6) is -12.1. The summed E-state index contributed by atoms with van der Waals surface area (Å²) in [6, 6.07) is -6.38. The van der Waals surface area contributed by atoms with Gasteiger partial charge in [-0.1, -0.05) is 116 Å². The SMILES string of the molecule is C/C=C/C[C@@H](C)[C@@H](OC(C)=O)[C@@H]1CC(=O)C(C(C)C)N(C)C(=O)[C@H](CC(C)C)CC(=O)[C@H](CC(C)C)N(C)C(=O)[C@@H](C)NC(=O)[C@H](C)CC(=O)[C@H](CC(C)C)N(C)C(=O)[C@H](C(C)C)CC(=O)[C@H](CC(C)C)N(C)C(=O)CCC(=O)[C@H](CC)NC1=O. The van der Waals surface area contributed by atoms with Gasteiger partial charge in [0, 0.05) is 91.4 Å². The monoisotopic (exact) mass is 1200 g/mol. The lowest BCUT2D eigenvalue weighted by molar-refractivity contribution is -0.158. The number of carbonyl (C=O) groups is 12. The van der Waals surface area contributed by atoms with Crippen LogP contribution < -0.4 is 10.6 Å². The number of nitrogens with zero attached hydrogens (tertiary/aromatic N) is 4. The molecule has 1 rings (SSSR count). The van der Waals surface area contributed by atoms with Crippen LogP contribution in [0.15, 0.2) is 12.2 Å². The van der Waals surface area contributed by atoms with Gasteiger partial charge in [-0.15, -0.1) is 0 Å². The first-order valence-corrected chi connectivity index (χ1v) is 31.4. The minimum atomic E-state index is -1.35. The number of hydrogen-bond acceptors (Lipinski definition) is 13. The molecule has 0 bridgehead atoms. The number of ether oxygens (including phenoxy) is 1. The number of amides is 6. The largest absolute Gasteiger partial charge is 0.461 e. The van der Waals surface area contributed by atoms with E-state index in [1.165, 1.54) is 61.6 Å². The Bertz CT molecular complexity index is 2330. The van der Waals surface area contributed by atoms with E-state index >= 15 is 4.79 Å². The van der Waals surface area contributed by atoms with Crippen LogP contribution in [0.25, 0.3) is 0 Å². The van der Waals surface area contributed by atoms with Gasteiger partial charge in [0.05, 0.1) is 36.1 Å². The fraction of sp³-hybridized carbons (Fsp3) is 0.788. The molecule has 19 heteroatoms. The van der Waals surface area contributed by atoms with Crippen LogP contribution in [-0.4, -0.2) is 160 Å². The smallest absolute Gasteiger partial charge is 0.302 e. The Morgan fingerprint density at radius 1 is 0.541 bits per heavy atom. The van der Waals surface area contributed by atoms with Gasteiger partial charge in [-0.2, -0.15) is 0 Å². The van der Waals surface area contributed by atoms with Crippen LogP contribution in [0.1, 0.15) is 202 Å². The molecular weight excluding hydrogens is 1080 g/mol. The van der Waals surface area contributed by atoms with E-state index in [9.17, 15) is 52.7 Å². The van der Waals surface area contributed by atoms with Gasteiger partial charge in [-0.25, -0.2) is 0 Å². The molecule has 1 saturated heterocycles. The van der Waals surface area contributed by atoms with Crippen LogP contribution in [0.3, 0.4) is 0 Å². The molecule has 1 fully saturated rings. The highest BCUT2D eigenvalue weighted by Crippen LogP contribution is 2.31. The maximum atomic E-state index is 15.0. The molecule has 0 aromatic carbocycles. The quantitative estimate of drug-likeness (QED) is 0.109. The average Bonchev–Trinajstić information content (AvgIpc) is 3.48. The first kappa shape index (κ1) is 77.4. The van der Waals surface area contributed by atoms with Gasteiger partial charge < -0.3 is 35.0 Å². The molecule has 19 nitrogen and oxygen atoms in total. The molecule has 0 aromatic heterocycles. The van der Waals surface area contributed by atoms with E-state index in [0.29, 0.717) is 6.42 Å². The standard InChI is InChI=1S/C66H112N6O13/c1-23-25-26-43(15)61(85-46(18)73)49-36-58(78)60(42(13)14)72(22)65(83)47(29-37(3)4)34-56(76)53(32-40(9)10)70(20)64(82)45(17)67-62(80)44(16)33-55(75)52(31-39(7)8)71(21)66(84)48(41(11)12)35-57(77)51(30-38(5)6)69(19)59(79)28-27-54(74)50(24-2)68-63(49)81/h23,25,37-45,47-53,60-61H,24,26-36H2,1-22H3,(H,67,80)(H,68,81)/b25-23+/t43-,44-,45-,47-,48+,49+,50+,51+,52+,53+,60?,61-/m1/s1. The third-order valence-electron chi connectivity index (χ3n) is 16.7. The van der Waals surface area contributed by atoms with Crippen molar-refractivity contribution in [3.63, 3.8) is 0 Å². The summed E-state index contributed by atoms with van der Waals surface area (Å²) in [4.78, 5) is 178. The van der Waals surface area contributed by atoms with Crippen molar-refractivity contribution in [2.45, 2.75) is 244 Å². The number of esters is 1. The highest BCUT2D eigenvalue weighted by Gasteiger charge is 2.44. The van der Waals surface area contributed by atoms with Gasteiger partial charge >= 0.3 is 5.97 Å². The third kappa shape index (κ3) is 24.2. The Labute approximate surface area is 510 Å². The van der Waals surface area contributed by atoms with Crippen molar-refractivity contribution in [3.8, 4) is 0 Å². The molecule has 0 aliphatic carbocycles. The van der Waals surface area contributed by atoms with Gasteiger partial charge in [0.2, 0.25) is 35.4 Å². The van der Waals surface area contributed by atoms with Crippen LogP contribution in [-0.2, 0) is 62.3 Å². The number of ketones is 5. The van der Waals surface area contributed by atoms with Crippen molar-refractivity contribution < 1.29 is 62.3 Å². The maximum Gasteiger partial charge on any atom is 0.302 e. The molecule has 0 radical (unpaired) electrons. The number of nitrogens with one attached hydrogen (secondary N) is 2. The van der Waals surface area contributed by atoms with Crippen molar-refractivity contribution >= 4 is 70.3 Å². The summed E-state index contributed by atoms with van der Waals surface area (Å²) < 4.78 is 5.89. The predicted molar refractivity (Wildman–Crippen MR) is 330 cm³/mol. The van der Waals surface area contributed by atoms with Crippen LogP contribution in [0.5, 0.6) is 0 Å².